The molecule has 0 aromatic heterocycles. The summed E-state index contributed by atoms with van der Waals surface area (Å²) in [7, 11) is 4.26. The largest absolute Gasteiger partial charge is 0.385 e. The lowest BCUT2D eigenvalue weighted by molar-refractivity contribution is -0.911. The monoisotopic (exact) mass is 256 g/mol. The molecular weight excluding hydrogens is 222 g/mol. The van der Waals surface area contributed by atoms with Crippen LogP contribution in [0.5, 0.6) is 0 Å². The second-order valence-electron chi connectivity index (χ2n) is 6.40. The minimum absolute atomic E-state index is 0.929. The van der Waals surface area contributed by atoms with Crippen LogP contribution < -0.4 is 0 Å². The Bertz CT molecular complexity index is 201. The van der Waals surface area contributed by atoms with Gasteiger partial charge in [0.1, 0.15) is 0 Å². The molecule has 108 valence electrons. The van der Waals surface area contributed by atoms with Crippen molar-refractivity contribution in [1.29, 1.82) is 0 Å². The fourth-order valence-corrected chi connectivity index (χ4v) is 3.29. The van der Waals surface area contributed by atoms with Crippen molar-refractivity contribution in [2.24, 2.45) is 5.92 Å². The van der Waals surface area contributed by atoms with Gasteiger partial charge in [-0.1, -0.05) is 19.3 Å². The average molecular weight is 256 g/mol. The van der Waals surface area contributed by atoms with Crippen molar-refractivity contribution in [3.8, 4) is 0 Å². The molecular formula is C16H34NO+. The molecule has 0 heterocycles. The summed E-state index contributed by atoms with van der Waals surface area (Å²) >= 11 is 0. The van der Waals surface area contributed by atoms with Crippen LogP contribution in [0.25, 0.3) is 0 Å². The van der Waals surface area contributed by atoms with Gasteiger partial charge in [-0.15, -0.1) is 0 Å². The molecule has 1 aliphatic rings. The van der Waals surface area contributed by atoms with E-state index in [1.54, 1.807) is 7.11 Å². The van der Waals surface area contributed by atoms with Crippen molar-refractivity contribution in [1.82, 2.24) is 0 Å². The molecule has 0 aliphatic heterocycles. The molecule has 0 saturated heterocycles. The smallest absolute Gasteiger partial charge is 0.0813 e. The van der Waals surface area contributed by atoms with E-state index in [0.29, 0.717) is 0 Å². The number of hydrogen-bond donors (Lipinski definition) is 0. The number of nitrogens with zero attached hydrogens (tertiary/aromatic N) is 1. The summed E-state index contributed by atoms with van der Waals surface area (Å²) in [4.78, 5) is 0. The maximum atomic E-state index is 5.12. The molecule has 0 aromatic carbocycles. The fraction of sp³-hybridized carbons (Fsp3) is 1.00. The first-order valence-corrected chi connectivity index (χ1v) is 8.02. The van der Waals surface area contributed by atoms with E-state index < -0.39 is 0 Å². The first-order chi connectivity index (χ1) is 8.70. The topological polar surface area (TPSA) is 9.23 Å². The van der Waals surface area contributed by atoms with Crippen molar-refractivity contribution < 1.29 is 9.22 Å². The zero-order chi connectivity index (χ0) is 13.3. The zero-order valence-electron chi connectivity index (χ0n) is 12.9. The van der Waals surface area contributed by atoms with Crippen LogP contribution in [0.3, 0.4) is 0 Å². The summed E-state index contributed by atoms with van der Waals surface area (Å²) < 4.78 is 6.41. The second-order valence-corrected chi connectivity index (χ2v) is 6.40. The summed E-state index contributed by atoms with van der Waals surface area (Å²) in [5.41, 5.74) is 0. The van der Waals surface area contributed by atoms with Gasteiger partial charge in [0.25, 0.3) is 0 Å². The highest BCUT2D eigenvalue weighted by atomic mass is 16.5. The highest BCUT2D eigenvalue weighted by Gasteiger charge is 2.25. The fourth-order valence-electron chi connectivity index (χ4n) is 3.29. The van der Waals surface area contributed by atoms with E-state index in [4.69, 9.17) is 4.74 Å². The van der Waals surface area contributed by atoms with Gasteiger partial charge in [-0.25, -0.2) is 0 Å². The quantitative estimate of drug-likeness (QED) is 0.450. The number of methoxy groups -OCH3 is 1. The van der Waals surface area contributed by atoms with Gasteiger partial charge in [0, 0.05) is 19.6 Å². The van der Waals surface area contributed by atoms with Gasteiger partial charge in [0.05, 0.1) is 26.7 Å². The second kappa shape index (κ2) is 8.92. The van der Waals surface area contributed by atoms with E-state index in [2.05, 4.69) is 14.0 Å². The Labute approximate surface area is 114 Å². The molecule has 1 fully saturated rings. The molecule has 1 atom stereocenters. The Hall–Kier alpha value is -0.0800. The van der Waals surface area contributed by atoms with Gasteiger partial charge < -0.3 is 9.22 Å². The van der Waals surface area contributed by atoms with Crippen LogP contribution in [-0.4, -0.2) is 44.9 Å². The molecule has 1 aliphatic carbocycles. The third-order valence-corrected chi connectivity index (χ3v) is 4.73. The van der Waals surface area contributed by atoms with Gasteiger partial charge in [0.2, 0.25) is 0 Å². The van der Waals surface area contributed by atoms with Crippen LogP contribution >= 0.6 is 0 Å². The molecule has 1 saturated carbocycles. The van der Waals surface area contributed by atoms with Crippen LogP contribution in [0.1, 0.15) is 58.3 Å². The minimum atomic E-state index is 0.929. The minimum Gasteiger partial charge on any atom is -0.385 e. The van der Waals surface area contributed by atoms with Crippen LogP contribution in [0.15, 0.2) is 0 Å². The molecule has 2 heteroatoms. The number of rotatable bonds is 9. The first kappa shape index (κ1) is 16.0. The Kier molecular flexibility index (Phi) is 7.92. The number of unbranched alkanes of at least 4 members (excludes halogenated alkanes) is 2. The highest BCUT2D eigenvalue weighted by Crippen LogP contribution is 2.26. The third kappa shape index (κ3) is 6.19. The standard InChI is InChI=1S/C16H34NO/c1-4-17(2,13-9-6-10-14-18-3)15-16-11-7-5-8-12-16/h16H,4-15H2,1-3H3/q+1. The molecule has 1 unspecified atom stereocenters. The van der Waals surface area contributed by atoms with Gasteiger partial charge in [-0.05, 0) is 39.0 Å². The van der Waals surface area contributed by atoms with Crippen molar-refractivity contribution in [3.63, 3.8) is 0 Å². The summed E-state index contributed by atoms with van der Waals surface area (Å²) in [6, 6.07) is 0. The van der Waals surface area contributed by atoms with Gasteiger partial charge in [-0.2, -0.15) is 0 Å². The summed E-state index contributed by atoms with van der Waals surface area (Å²) in [5, 5.41) is 0. The molecule has 0 N–H and O–H groups in total. The van der Waals surface area contributed by atoms with E-state index in [1.807, 2.05) is 0 Å². The van der Waals surface area contributed by atoms with E-state index in [9.17, 15) is 0 Å². The summed E-state index contributed by atoms with van der Waals surface area (Å²) in [5.74, 6) is 1.00. The molecule has 0 spiro atoms. The van der Waals surface area contributed by atoms with E-state index in [1.165, 1.54) is 75.5 Å². The number of quaternary nitrogens is 1. The van der Waals surface area contributed by atoms with Crippen molar-refractivity contribution >= 4 is 0 Å². The maximum Gasteiger partial charge on any atom is 0.0813 e. The van der Waals surface area contributed by atoms with E-state index in [0.717, 1.165) is 12.5 Å². The van der Waals surface area contributed by atoms with Crippen LogP contribution in [0.2, 0.25) is 0 Å². The van der Waals surface area contributed by atoms with Gasteiger partial charge in [0.15, 0.2) is 0 Å². The van der Waals surface area contributed by atoms with Crippen molar-refractivity contribution in [2.75, 3.05) is 40.4 Å². The molecule has 0 radical (unpaired) electrons. The lowest BCUT2D eigenvalue weighted by Gasteiger charge is -2.38. The average Bonchev–Trinajstić information content (AvgIpc) is 2.40. The predicted molar refractivity (Wildman–Crippen MR) is 78.8 cm³/mol. The van der Waals surface area contributed by atoms with Crippen LogP contribution in [0, 0.1) is 5.92 Å². The van der Waals surface area contributed by atoms with Gasteiger partial charge >= 0.3 is 0 Å². The Morgan fingerprint density at radius 1 is 1.06 bits per heavy atom. The molecule has 18 heavy (non-hydrogen) atoms. The molecule has 2 nitrogen and oxygen atoms in total. The normalized spacial score (nSPS) is 20.8. The zero-order valence-corrected chi connectivity index (χ0v) is 12.9. The molecule has 0 bridgehead atoms. The number of hydrogen-bond acceptors (Lipinski definition) is 1. The lowest BCUT2D eigenvalue weighted by atomic mass is 9.88. The van der Waals surface area contributed by atoms with Crippen LogP contribution in [0.4, 0.5) is 0 Å². The summed E-state index contributed by atoms with van der Waals surface area (Å²) in [6.07, 6.45) is 11.3. The first-order valence-electron chi connectivity index (χ1n) is 8.02. The Morgan fingerprint density at radius 2 is 1.78 bits per heavy atom. The Balaban J connectivity index is 2.22. The van der Waals surface area contributed by atoms with Crippen molar-refractivity contribution in [3.05, 3.63) is 0 Å². The Morgan fingerprint density at radius 3 is 2.39 bits per heavy atom. The van der Waals surface area contributed by atoms with Crippen LogP contribution in [-0.2, 0) is 4.74 Å². The van der Waals surface area contributed by atoms with E-state index >= 15 is 0 Å². The molecule has 0 aromatic rings. The van der Waals surface area contributed by atoms with Gasteiger partial charge in [-0.3, -0.25) is 0 Å². The lowest BCUT2D eigenvalue weighted by Crippen LogP contribution is -2.48. The third-order valence-electron chi connectivity index (χ3n) is 4.73. The molecule has 0 amide bonds. The SMILES string of the molecule is CC[N+](C)(CCCCCOC)CC1CCCCC1. The highest BCUT2D eigenvalue weighted by molar-refractivity contribution is 4.65. The van der Waals surface area contributed by atoms with Crippen molar-refractivity contribution in [2.45, 2.75) is 58.3 Å². The summed E-state index contributed by atoms with van der Waals surface area (Å²) in [6.45, 7) is 7.36. The van der Waals surface area contributed by atoms with E-state index in [-0.39, 0.29) is 0 Å². The predicted octanol–water partition coefficient (Wildman–Crippen LogP) is 3.85. The molecule has 1 rings (SSSR count). The maximum absolute atomic E-state index is 5.12. The number of ether oxygens (including phenoxy) is 1.